The fourth-order valence-electron chi connectivity index (χ4n) is 4.19. The topological polar surface area (TPSA) is 102 Å². The summed E-state index contributed by atoms with van der Waals surface area (Å²) >= 11 is 0. The number of anilines is 2. The number of hydrogen-bond acceptors (Lipinski definition) is 6. The number of aromatic nitrogens is 4. The summed E-state index contributed by atoms with van der Waals surface area (Å²) in [6.45, 7) is 6.24. The number of amides is 2. The molecule has 2 amide bonds. The standard InChI is InChI=1S/C27H26N6O3/c1-17-4-8-22(9-5-17)32-15-20(13-26(32)34)27(35)30-21-6-10-23(11-7-21)36-25-14-24(28-16-29-25)33-19(3)12-18(2)31-33/h4-12,14,16,20H,13,15H2,1-3H3,(H,30,35). The Morgan fingerprint density at radius 1 is 1.00 bits per heavy atom. The average Bonchev–Trinajstić information content (AvgIpc) is 3.42. The fourth-order valence-corrected chi connectivity index (χ4v) is 4.19. The highest BCUT2D eigenvalue weighted by Gasteiger charge is 2.35. The van der Waals surface area contributed by atoms with Gasteiger partial charge in [-0.1, -0.05) is 17.7 Å². The van der Waals surface area contributed by atoms with Gasteiger partial charge >= 0.3 is 0 Å². The van der Waals surface area contributed by atoms with Gasteiger partial charge in [0.1, 0.15) is 12.1 Å². The van der Waals surface area contributed by atoms with Gasteiger partial charge in [-0.3, -0.25) is 9.59 Å². The lowest BCUT2D eigenvalue weighted by Crippen LogP contribution is -2.28. The molecule has 36 heavy (non-hydrogen) atoms. The number of benzene rings is 2. The molecule has 1 aliphatic heterocycles. The molecule has 0 bridgehead atoms. The maximum absolute atomic E-state index is 12.8. The van der Waals surface area contributed by atoms with Crippen molar-refractivity contribution in [2.45, 2.75) is 27.2 Å². The second-order valence-electron chi connectivity index (χ2n) is 8.91. The molecule has 4 aromatic rings. The van der Waals surface area contributed by atoms with Crippen molar-refractivity contribution < 1.29 is 14.3 Å². The van der Waals surface area contributed by atoms with Crippen molar-refractivity contribution in [2.24, 2.45) is 5.92 Å². The molecule has 1 saturated heterocycles. The molecule has 182 valence electrons. The van der Waals surface area contributed by atoms with Crippen LogP contribution in [0.4, 0.5) is 11.4 Å². The highest BCUT2D eigenvalue weighted by atomic mass is 16.5. The molecule has 0 spiro atoms. The fraction of sp³-hybridized carbons (Fsp3) is 0.222. The van der Waals surface area contributed by atoms with Crippen molar-refractivity contribution in [3.8, 4) is 17.4 Å². The van der Waals surface area contributed by atoms with Gasteiger partial charge in [-0.15, -0.1) is 0 Å². The lowest BCUT2D eigenvalue weighted by atomic mass is 10.1. The summed E-state index contributed by atoms with van der Waals surface area (Å²) in [6.07, 6.45) is 1.62. The van der Waals surface area contributed by atoms with Gasteiger partial charge in [0.05, 0.1) is 11.6 Å². The minimum atomic E-state index is -0.413. The quantitative estimate of drug-likeness (QED) is 0.438. The summed E-state index contributed by atoms with van der Waals surface area (Å²) in [4.78, 5) is 35.4. The minimum Gasteiger partial charge on any atom is -0.439 e. The van der Waals surface area contributed by atoms with E-state index in [1.54, 1.807) is 39.9 Å². The van der Waals surface area contributed by atoms with Crippen LogP contribution in [0.3, 0.4) is 0 Å². The Hall–Kier alpha value is -4.53. The Balaban J connectivity index is 1.21. The maximum Gasteiger partial charge on any atom is 0.229 e. The Kier molecular flexibility index (Phi) is 6.20. The number of ether oxygens (including phenoxy) is 1. The molecule has 5 rings (SSSR count). The Bertz CT molecular complexity index is 1410. The Morgan fingerprint density at radius 3 is 2.44 bits per heavy atom. The van der Waals surface area contributed by atoms with Gasteiger partial charge in [0.2, 0.25) is 17.7 Å². The van der Waals surface area contributed by atoms with Crippen molar-refractivity contribution in [3.63, 3.8) is 0 Å². The third-order valence-corrected chi connectivity index (χ3v) is 6.04. The van der Waals surface area contributed by atoms with Crippen LogP contribution in [0.2, 0.25) is 0 Å². The molecule has 9 heteroatoms. The molecule has 1 fully saturated rings. The molecule has 2 aromatic carbocycles. The molecule has 0 radical (unpaired) electrons. The monoisotopic (exact) mass is 482 g/mol. The number of rotatable bonds is 6. The smallest absolute Gasteiger partial charge is 0.229 e. The van der Waals surface area contributed by atoms with Crippen LogP contribution in [0.25, 0.3) is 5.82 Å². The molecule has 1 aliphatic rings. The third-order valence-electron chi connectivity index (χ3n) is 6.04. The molecule has 3 heterocycles. The highest BCUT2D eigenvalue weighted by molar-refractivity contribution is 6.03. The second-order valence-corrected chi connectivity index (χ2v) is 8.91. The zero-order valence-corrected chi connectivity index (χ0v) is 20.3. The van der Waals surface area contributed by atoms with Crippen molar-refractivity contribution in [1.82, 2.24) is 19.7 Å². The summed E-state index contributed by atoms with van der Waals surface area (Å²) in [6, 6.07) is 18.4. The van der Waals surface area contributed by atoms with Crippen molar-refractivity contribution in [3.05, 3.63) is 83.9 Å². The highest BCUT2D eigenvalue weighted by Crippen LogP contribution is 2.27. The van der Waals surface area contributed by atoms with Crippen molar-refractivity contribution in [2.75, 3.05) is 16.8 Å². The molecule has 1 atom stereocenters. The molecule has 9 nitrogen and oxygen atoms in total. The van der Waals surface area contributed by atoms with E-state index in [4.69, 9.17) is 4.74 Å². The van der Waals surface area contributed by atoms with Crippen LogP contribution in [0.5, 0.6) is 11.6 Å². The van der Waals surface area contributed by atoms with Gasteiger partial charge in [0.15, 0.2) is 5.82 Å². The van der Waals surface area contributed by atoms with Crippen LogP contribution < -0.4 is 15.0 Å². The summed E-state index contributed by atoms with van der Waals surface area (Å²) in [5, 5.41) is 7.34. The number of aryl methyl sites for hydroxylation is 3. The van der Waals surface area contributed by atoms with E-state index in [1.807, 2.05) is 51.1 Å². The van der Waals surface area contributed by atoms with Crippen LogP contribution >= 0.6 is 0 Å². The number of hydrogen-bond donors (Lipinski definition) is 1. The van der Waals surface area contributed by atoms with E-state index in [0.29, 0.717) is 29.7 Å². The molecule has 0 aliphatic carbocycles. The van der Waals surface area contributed by atoms with Gasteiger partial charge in [-0.2, -0.15) is 5.10 Å². The predicted octanol–water partition coefficient (Wildman–Crippen LogP) is 4.37. The zero-order chi connectivity index (χ0) is 25.2. The van der Waals surface area contributed by atoms with E-state index in [-0.39, 0.29) is 18.2 Å². The van der Waals surface area contributed by atoms with E-state index in [2.05, 4.69) is 20.4 Å². The van der Waals surface area contributed by atoms with Crippen molar-refractivity contribution in [1.29, 1.82) is 0 Å². The van der Waals surface area contributed by atoms with Crippen molar-refractivity contribution >= 4 is 23.2 Å². The first-order valence-corrected chi connectivity index (χ1v) is 11.7. The first-order valence-electron chi connectivity index (χ1n) is 11.7. The molecular formula is C27H26N6O3. The van der Waals surface area contributed by atoms with Crippen LogP contribution in [0.1, 0.15) is 23.4 Å². The van der Waals surface area contributed by atoms with Gasteiger partial charge in [-0.05, 0) is 63.2 Å². The first kappa shape index (κ1) is 23.2. The molecule has 1 N–H and O–H groups in total. The average molecular weight is 483 g/mol. The second kappa shape index (κ2) is 9.61. The van der Waals surface area contributed by atoms with Gasteiger partial charge in [-0.25, -0.2) is 14.6 Å². The van der Waals surface area contributed by atoms with Crippen LogP contribution in [-0.2, 0) is 9.59 Å². The number of carbonyl (C=O) groups excluding carboxylic acids is 2. The lowest BCUT2D eigenvalue weighted by Gasteiger charge is -2.17. The summed E-state index contributed by atoms with van der Waals surface area (Å²) < 4.78 is 7.61. The van der Waals surface area contributed by atoms with E-state index < -0.39 is 5.92 Å². The lowest BCUT2D eigenvalue weighted by molar-refractivity contribution is -0.122. The van der Waals surface area contributed by atoms with Crippen LogP contribution in [0.15, 0.2) is 67.0 Å². The molecule has 0 saturated carbocycles. The largest absolute Gasteiger partial charge is 0.439 e. The maximum atomic E-state index is 12.8. The summed E-state index contributed by atoms with van der Waals surface area (Å²) in [5.41, 5.74) is 4.42. The predicted molar refractivity (Wildman–Crippen MR) is 135 cm³/mol. The molecule has 2 aromatic heterocycles. The number of carbonyl (C=O) groups is 2. The van der Waals surface area contributed by atoms with E-state index in [9.17, 15) is 9.59 Å². The SMILES string of the molecule is Cc1ccc(N2CC(C(=O)Nc3ccc(Oc4cc(-n5nc(C)cc5C)ncn4)cc3)CC2=O)cc1. The summed E-state index contributed by atoms with van der Waals surface area (Å²) in [7, 11) is 0. The molecular weight excluding hydrogens is 456 g/mol. The van der Waals surface area contributed by atoms with E-state index in [0.717, 1.165) is 22.6 Å². The van der Waals surface area contributed by atoms with Crippen LogP contribution in [0, 0.1) is 26.7 Å². The van der Waals surface area contributed by atoms with E-state index in [1.165, 1.54) is 6.33 Å². The Labute approximate surface area is 208 Å². The van der Waals surface area contributed by atoms with E-state index >= 15 is 0 Å². The normalized spacial score (nSPS) is 15.2. The van der Waals surface area contributed by atoms with Gasteiger partial charge in [0.25, 0.3) is 0 Å². The zero-order valence-electron chi connectivity index (χ0n) is 20.3. The third kappa shape index (κ3) is 4.95. The van der Waals surface area contributed by atoms with Gasteiger partial charge < -0.3 is 15.0 Å². The Morgan fingerprint density at radius 2 is 1.75 bits per heavy atom. The minimum absolute atomic E-state index is 0.0487. The van der Waals surface area contributed by atoms with Crippen LogP contribution in [-0.4, -0.2) is 38.1 Å². The first-order chi connectivity index (χ1) is 17.4. The number of nitrogens with zero attached hydrogens (tertiary/aromatic N) is 5. The van der Waals surface area contributed by atoms with Gasteiger partial charge in [0, 0.05) is 36.1 Å². The summed E-state index contributed by atoms with van der Waals surface area (Å²) in [5.74, 6) is 0.908. The molecule has 1 unspecified atom stereocenters. The number of nitrogens with one attached hydrogen (secondary N) is 1.